The summed E-state index contributed by atoms with van der Waals surface area (Å²) >= 11 is 0. The molecule has 2 saturated heterocycles. The second-order valence-corrected chi connectivity index (χ2v) is 9.09. The molecule has 2 heterocycles. The molecule has 2 heteroatoms. The van der Waals surface area contributed by atoms with Crippen molar-refractivity contribution in [3.63, 3.8) is 0 Å². The summed E-state index contributed by atoms with van der Waals surface area (Å²) in [5, 5.41) is 0. The van der Waals surface area contributed by atoms with Gasteiger partial charge in [-0.1, -0.05) is 43.7 Å². The molecule has 0 N–H and O–H groups in total. The van der Waals surface area contributed by atoms with Crippen LogP contribution in [0.5, 0.6) is 0 Å². The van der Waals surface area contributed by atoms with Crippen LogP contribution < -0.4 is 0 Å². The standard InChI is InChI=1S/C22H33NO/c1-16-9-11-19-20(13-16)24-21-12-10-18(15-23(21)22(19,2)3)14-17-7-5-4-6-8-17/h4-8,16,18-21H,9-15H2,1-3H3/t16-,18-,19-,20-,21+/m1/s1. The Kier molecular flexibility index (Phi) is 4.47. The van der Waals surface area contributed by atoms with E-state index in [-0.39, 0.29) is 5.54 Å². The maximum Gasteiger partial charge on any atom is 0.111 e. The molecule has 0 unspecified atom stereocenters. The van der Waals surface area contributed by atoms with E-state index < -0.39 is 0 Å². The second-order valence-electron chi connectivity index (χ2n) is 9.09. The van der Waals surface area contributed by atoms with Crippen LogP contribution >= 0.6 is 0 Å². The first-order valence-electron chi connectivity index (χ1n) is 10.00. The lowest BCUT2D eigenvalue weighted by Gasteiger charge is -2.59. The van der Waals surface area contributed by atoms with Gasteiger partial charge < -0.3 is 4.74 Å². The van der Waals surface area contributed by atoms with Gasteiger partial charge in [0.25, 0.3) is 0 Å². The molecular weight excluding hydrogens is 294 g/mol. The molecule has 0 spiro atoms. The van der Waals surface area contributed by atoms with E-state index in [1.807, 2.05) is 0 Å². The molecule has 1 aliphatic carbocycles. The average molecular weight is 328 g/mol. The van der Waals surface area contributed by atoms with Gasteiger partial charge in [0.2, 0.25) is 0 Å². The van der Waals surface area contributed by atoms with Crippen molar-refractivity contribution in [3.8, 4) is 0 Å². The van der Waals surface area contributed by atoms with E-state index in [4.69, 9.17) is 4.74 Å². The molecule has 0 bridgehead atoms. The van der Waals surface area contributed by atoms with Crippen LogP contribution in [0.25, 0.3) is 0 Å². The summed E-state index contributed by atoms with van der Waals surface area (Å²) < 4.78 is 6.62. The number of hydrogen-bond donors (Lipinski definition) is 0. The lowest BCUT2D eigenvalue weighted by Crippen LogP contribution is -2.66. The van der Waals surface area contributed by atoms with E-state index >= 15 is 0 Å². The van der Waals surface area contributed by atoms with Crippen molar-refractivity contribution in [1.29, 1.82) is 0 Å². The molecule has 4 rings (SSSR count). The van der Waals surface area contributed by atoms with Crippen LogP contribution in [-0.4, -0.2) is 29.3 Å². The van der Waals surface area contributed by atoms with E-state index in [0.29, 0.717) is 18.2 Å². The average Bonchev–Trinajstić information content (AvgIpc) is 2.56. The first-order valence-corrected chi connectivity index (χ1v) is 10.00. The fraction of sp³-hybridized carbons (Fsp3) is 0.727. The van der Waals surface area contributed by atoms with E-state index in [2.05, 4.69) is 56.0 Å². The van der Waals surface area contributed by atoms with Crippen molar-refractivity contribution in [2.75, 3.05) is 6.54 Å². The SMILES string of the molecule is C[C@@H]1CC[C@@H]2[C@@H](C1)O[C@H]1CC[C@H](Cc3ccccc3)CN1C2(C)C. The summed E-state index contributed by atoms with van der Waals surface area (Å²) in [6.07, 6.45) is 8.56. The molecule has 3 fully saturated rings. The van der Waals surface area contributed by atoms with Gasteiger partial charge in [-0.2, -0.15) is 0 Å². The highest BCUT2D eigenvalue weighted by Crippen LogP contribution is 2.47. The molecule has 0 aromatic heterocycles. The van der Waals surface area contributed by atoms with Gasteiger partial charge in [0, 0.05) is 18.0 Å². The molecule has 0 radical (unpaired) electrons. The maximum atomic E-state index is 6.62. The second kappa shape index (κ2) is 6.46. The van der Waals surface area contributed by atoms with Crippen LogP contribution in [0.1, 0.15) is 58.4 Å². The van der Waals surface area contributed by atoms with Crippen LogP contribution in [-0.2, 0) is 11.2 Å². The number of fused-ring (bicyclic) bond motifs is 2. The van der Waals surface area contributed by atoms with Crippen molar-refractivity contribution in [2.24, 2.45) is 17.8 Å². The Morgan fingerprint density at radius 2 is 1.88 bits per heavy atom. The normalized spacial score (nSPS) is 39.0. The lowest BCUT2D eigenvalue weighted by atomic mass is 9.68. The van der Waals surface area contributed by atoms with E-state index in [1.165, 1.54) is 50.6 Å². The Hall–Kier alpha value is -0.860. The number of rotatable bonds is 2. The Balaban J connectivity index is 1.48. The Morgan fingerprint density at radius 3 is 2.67 bits per heavy atom. The summed E-state index contributed by atoms with van der Waals surface area (Å²) in [4.78, 5) is 2.72. The molecule has 132 valence electrons. The first kappa shape index (κ1) is 16.6. The lowest BCUT2D eigenvalue weighted by molar-refractivity contribution is -0.248. The van der Waals surface area contributed by atoms with Crippen LogP contribution in [0.2, 0.25) is 0 Å². The minimum atomic E-state index is 0.281. The molecule has 24 heavy (non-hydrogen) atoms. The number of piperidine rings is 1. The van der Waals surface area contributed by atoms with Crippen LogP contribution in [0.4, 0.5) is 0 Å². The smallest absolute Gasteiger partial charge is 0.111 e. The molecule has 2 aliphatic heterocycles. The monoisotopic (exact) mass is 327 g/mol. The molecule has 1 aromatic rings. The summed E-state index contributed by atoms with van der Waals surface area (Å²) in [5.41, 5.74) is 1.77. The highest BCUT2D eigenvalue weighted by atomic mass is 16.5. The van der Waals surface area contributed by atoms with Crippen LogP contribution in [0.3, 0.4) is 0 Å². The largest absolute Gasteiger partial charge is 0.360 e. The Morgan fingerprint density at radius 1 is 1.08 bits per heavy atom. The quantitative estimate of drug-likeness (QED) is 0.767. The van der Waals surface area contributed by atoms with Gasteiger partial charge in [-0.15, -0.1) is 0 Å². The molecule has 0 amide bonds. The summed E-state index contributed by atoms with van der Waals surface area (Å²) in [6.45, 7) is 8.57. The predicted molar refractivity (Wildman–Crippen MR) is 98.8 cm³/mol. The molecule has 1 saturated carbocycles. The Labute approximate surface area is 147 Å². The fourth-order valence-corrected chi connectivity index (χ4v) is 5.59. The zero-order chi connectivity index (χ0) is 16.7. The Bertz CT molecular complexity index is 554. The summed E-state index contributed by atoms with van der Waals surface area (Å²) in [6, 6.07) is 11.0. The van der Waals surface area contributed by atoms with Crippen molar-refractivity contribution >= 4 is 0 Å². The van der Waals surface area contributed by atoms with Gasteiger partial charge in [0.1, 0.15) is 6.23 Å². The molecular formula is C22H33NO. The minimum Gasteiger partial charge on any atom is -0.360 e. The highest BCUT2D eigenvalue weighted by molar-refractivity contribution is 5.15. The maximum absolute atomic E-state index is 6.62. The third kappa shape index (κ3) is 3.04. The highest BCUT2D eigenvalue weighted by Gasteiger charge is 2.51. The van der Waals surface area contributed by atoms with Gasteiger partial charge in [0.05, 0.1) is 6.10 Å². The summed E-state index contributed by atoms with van der Waals surface area (Å²) in [7, 11) is 0. The van der Waals surface area contributed by atoms with Gasteiger partial charge in [-0.05, 0) is 63.4 Å². The number of hydrogen-bond acceptors (Lipinski definition) is 2. The van der Waals surface area contributed by atoms with Crippen molar-refractivity contribution in [1.82, 2.24) is 4.90 Å². The zero-order valence-electron chi connectivity index (χ0n) is 15.6. The third-order valence-corrected chi connectivity index (χ3v) is 7.03. The van der Waals surface area contributed by atoms with Gasteiger partial charge in [0.15, 0.2) is 0 Å². The van der Waals surface area contributed by atoms with Gasteiger partial charge in [-0.3, -0.25) is 4.90 Å². The van der Waals surface area contributed by atoms with Crippen molar-refractivity contribution in [2.45, 2.75) is 77.2 Å². The summed E-state index contributed by atoms with van der Waals surface area (Å²) in [5.74, 6) is 2.31. The van der Waals surface area contributed by atoms with Crippen LogP contribution in [0.15, 0.2) is 30.3 Å². The van der Waals surface area contributed by atoms with Gasteiger partial charge in [-0.25, -0.2) is 0 Å². The van der Waals surface area contributed by atoms with E-state index in [9.17, 15) is 0 Å². The minimum absolute atomic E-state index is 0.281. The van der Waals surface area contributed by atoms with Gasteiger partial charge >= 0.3 is 0 Å². The number of nitrogens with zero attached hydrogens (tertiary/aromatic N) is 1. The predicted octanol–water partition coefficient (Wildman–Crippen LogP) is 4.88. The van der Waals surface area contributed by atoms with Crippen molar-refractivity contribution < 1.29 is 4.74 Å². The molecule has 2 nitrogen and oxygen atoms in total. The van der Waals surface area contributed by atoms with Crippen LogP contribution in [0, 0.1) is 17.8 Å². The third-order valence-electron chi connectivity index (χ3n) is 7.03. The topological polar surface area (TPSA) is 12.5 Å². The number of benzene rings is 1. The number of ether oxygens (including phenoxy) is 1. The van der Waals surface area contributed by atoms with E-state index in [1.54, 1.807) is 0 Å². The fourth-order valence-electron chi connectivity index (χ4n) is 5.59. The zero-order valence-corrected chi connectivity index (χ0v) is 15.6. The molecule has 3 aliphatic rings. The molecule has 5 atom stereocenters. The van der Waals surface area contributed by atoms with Crippen molar-refractivity contribution in [3.05, 3.63) is 35.9 Å². The first-order chi connectivity index (χ1) is 11.5. The molecule has 1 aromatic carbocycles. The van der Waals surface area contributed by atoms with E-state index in [0.717, 1.165) is 11.8 Å².